The number of unbranched alkanes of at least 4 members (excludes halogenated alkanes) is 35. The molecule has 0 aliphatic rings. The van der Waals surface area contributed by atoms with E-state index in [2.05, 4.69) is 98.9 Å². The number of hydrogen-bond acceptors (Lipinski definition) is 7. The predicted octanol–water partition coefficient (Wildman–Crippen LogP) is 22.2. The van der Waals surface area contributed by atoms with Gasteiger partial charge in [0.2, 0.25) is 0 Å². The Kier molecular flexibility index (Phi) is 60.6. The molecule has 0 aliphatic heterocycles. The first-order chi connectivity index (χ1) is 40.0. The van der Waals surface area contributed by atoms with E-state index < -0.39 is 26.5 Å². The standard InChI is InChI=1S/C72H130NO8P/c1-6-8-10-12-14-16-18-20-22-24-26-28-29-30-31-32-33-34-35-36-37-38-39-40-41-42-43-45-46-48-50-52-54-56-58-60-62-64-71(74)78-68-70(69-80-82(76,77)79-67-66-73(3,4)5)81-72(75)65-63-61-59-57-55-53-51-49-47-44-27-25-23-21-19-17-15-13-11-9-7-2/h9,11,15,17-18,20-21,23-24,26-27,29-30,44,70H,6-8,10,12-14,16,19,22,25,28,31-43,45-69H2,1-5H3/p+1/b11-9-,17-15-,20-18-,23-21-,26-24-,30-29-,44-27-. The second kappa shape index (κ2) is 62.7. The first kappa shape index (κ1) is 79.2. The zero-order valence-corrected chi connectivity index (χ0v) is 55.1. The van der Waals surface area contributed by atoms with Crippen molar-refractivity contribution in [1.82, 2.24) is 0 Å². The molecule has 9 nitrogen and oxygen atoms in total. The monoisotopic (exact) mass is 1170 g/mol. The van der Waals surface area contributed by atoms with E-state index in [0.717, 1.165) is 83.5 Å². The second-order valence-corrected chi connectivity index (χ2v) is 25.6. The molecular weight excluding hydrogens is 1040 g/mol. The molecule has 0 aliphatic carbocycles. The number of phosphoric ester groups is 1. The molecular formula is C72H131NO8P+. The third-order valence-corrected chi connectivity index (χ3v) is 15.9. The van der Waals surface area contributed by atoms with Gasteiger partial charge in [0.05, 0.1) is 27.7 Å². The normalized spacial score (nSPS) is 13.7. The van der Waals surface area contributed by atoms with Gasteiger partial charge >= 0.3 is 19.8 Å². The molecule has 0 aromatic carbocycles. The van der Waals surface area contributed by atoms with Crippen LogP contribution >= 0.6 is 7.82 Å². The molecule has 0 rings (SSSR count). The largest absolute Gasteiger partial charge is 0.472 e. The number of likely N-dealkylation sites (N-methyl/N-ethyl adjacent to an activating group) is 1. The minimum Gasteiger partial charge on any atom is -0.462 e. The maximum absolute atomic E-state index is 12.8. The van der Waals surface area contributed by atoms with Gasteiger partial charge in [0.1, 0.15) is 19.8 Å². The van der Waals surface area contributed by atoms with Crippen LogP contribution in [0.1, 0.15) is 309 Å². The van der Waals surface area contributed by atoms with E-state index in [9.17, 15) is 19.0 Å². The molecule has 0 spiro atoms. The molecule has 2 atom stereocenters. The number of ether oxygens (including phenoxy) is 2. The van der Waals surface area contributed by atoms with Gasteiger partial charge in [-0.3, -0.25) is 18.6 Å². The summed E-state index contributed by atoms with van der Waals surface area (Å²) >= 11 is 0. The van der Waals surface area contributed by atoms with Crippen molar-refractivity contribution in [3.8, 4) is 0 Å². The fraction of sp³-hybridized carbons (Fsp3) is 0.778. The molecule has 1 N–H and O–H groups in total. The Morgan fingerprint density at radius 2 is 0.695 bits per heavy atom. The van der Waals surface area contributed by atoms with Gasteiger partial charge in [-0.05, 0) is 89.9 Å². The summed E-state index contributed by atoms with van der Waals surface area (Å²) in [5, 5.41) is 0. The molecule has 476 valence electrons. The lowest BCUT2D eigenvalue weighted by Gasteiger charge is -2.24. The van der Waals surface area contributed by atoms with Crippen molar-refractivity contribution in [3.63, 3.8) is 0 Å². The molecule has 0 saturated heterocycles. The van der Waals surface area contributed by atoms with Crippen molar-refractivity contribution >= 4 is 19.8 Å². The zero-order chi connectivity index (χ0) is 59.8. The summed E-state index contributed by atoms with van der Waals surface area (Å²) in [6.07, 6.45) is 85.5. The van der Waals surface area contributed by atoms with E-state index in [1.807, 2.05) is 21.1 Å². The third-order valence-electron chi connectivity index (χ3n) is 14.9. The molecule has 0 aromatic heterocycles. The lowest BCUT2D eigenvalue weighted by molar-refractivity contribution is -0.870. The number of nitrogens with zero attached hydrogens (tertiary/aromatic N) is 1. The number of allylic oxidation sites excluding steroid dienone is 14. The van der Waals surface area contributed by atoms with Crippen LogP contribution in [0.2, 0.25) is 0 Å². The van der Waals surface area contributed by atoms with Crippen LogP contribution in [-0.2, 0) is 32.7 Å². The minimum atomic E-state index is -4.39. The van der Waals surface area contributed by atoms with Crippen molar-refractivity contribution in [1.29, 1.82) is 0 Å². The van der Waals surface area contributed by atoms with Crippen LogP contribution in [0.5, 0.6) is 0 Å². The average molecular weight is 1170 g/mol. The fourth-order valence-electron chi connectivity index (χ4n) is 9.66. The Morgan fingerprint density at radius 3 is 1.04 bits per heavy atom. The Bertz CT molecular complexity index is 1660. The topological polar surface area (TPSA) is 108 Å². The van der Waals surface area contributed by atoms with Crippen molar-refractivity contribution in [2.75, 3.05) is 47.5 Å². The van der Waals surface area contributed by atoms with Gasteiger partial charge in [0.25, 0.3) is 0 Å². The van der Waals surface area contributed by atoms with Gasteiger partial charge in [-0.2, -0.15) is 0 Å². The van der Waals surface area contributed by atoms with Crippen LogP contribution in [0.4, 0.5) is 0 Å². The van der Waals surface area contributed by atoms with Crippen LogP contribution < -0.4 is 0 Å². The predicted molar refractivity (Wildman–Crippen MR) is 353 cm³/mol. The van der Waals surface area contributed by atoms with Gasteiger partial charge in [-0.25, -0.2) is 4.57 Å². The molecule has 0 fully saturated rings. The summed E-state index contributed by atoms with van der Waals surface area (Å²) in [6, 6.07) is 0. The number of quaternary nitrogens is 1. The highest BCUT2D eigenvalue weighted by atomic mass is 31.2. The van der Waals surface area contributed by atoms with Crippen LogP contribution in [0.15, 0.2) is 85.1 Å². The first-order valence-corrected chi connectivity index (χ1v) is 35.8. The van der Waals surface area contributed by atoms with Crippen LogP contribution in [-0.4, -0.2) is 74.9 Å². The molecule has 0 radical (unpaired) electrons. The van der Waals surface area contributed by atoms with E-state index in [1.54, 1.807) is 0 Å². The summed E-state index contributed by atoms with van der Waals surface area (Å²) in [6.45, 7) is 4.33. The van der Waals surface area contributed by atoms with E-state index in [4.69, 9.17) is 18.5 Å². The summed E-state index contributed by atoms with van der Waals surface area (Å²) in [5.41, 5.74) is 0. The highest BCUT2D eigenvalue weighted by molar-refractivity contribution is 7.47. The number of rotatable bonds is 63. The van der Waals surface area contributed by atoms with Crippen molar-refractivity contribution < 1.29 is 42.1 Å². The second-order valence-electron chi connectivity index (χ2n) is 24.2. The van der Waals surface area contributed by atoms with Crippen molar-refractivity contribution in [2.24, 2.45) is 0 Å². The highest BCUT2D eigenvalue weighted by Gasteiger charge is 2.27. The number of carbonyl (C=O) groups is 2. The summed E-state index contributed by atoms with van der Waals surface area (Å²) in [5.74, 6) is -0.798. The Morgan fingerprint density at radius 1 is 0.390 bits per heavy atom. The minimum absolute atomic E-state index is 0.0281. The van der Waals surface area contributed by atoms with E-state index in [0.29, 0.717) is 17.4 Å². The highest BCUT2D eigenvalue weighted by Crippen LogP contribution is 2.43. The molecule has 2 unspecified atom stereocenters. The third kappa shape index (κ3) is 66.3. The van der Waals surface area contributed by atoms with Crippen LogP contribution in [0.3, 0.4) is 0 Å². The Labute approximate surface area is 507 Å². The van der Waals surface area contributed by atoms with Gasteiger partial charge in [-0.15, -0.1) is 0 Å². The SMILES string of the molecule is CC/C=C\C/C=C\C/C=C\C/C=C\CCCCCCCCCCC(=O)OC(COC(=O)CCCCCCCCCCCCCCCCCCCCCCCC/C=C\C/C=C\C/C=C\CCCCCCC)COP(=O)(O)OCC[N+](C)(C)C. The molecule has 0 saturated carbocycles. The Balaban J connectivity index is 3.98. The lowest BCUT2D eigenvalue weighted by atomic mass is 10.0. The van der Waals surface area contributed by atoms with E-state index in [1.165, 1.54) is 193 Å². The molecule has 10 heteroatoms. The van der Waals surface area contributed by atoms with Gasteiger partial charge < -0.3 is 18.9 Å². The van der Waals surface area contributed by atoms with Crippen LogP contribution in [0, 0.1) is 0 Å². The van der Waals surface area contributed by atoms with Gasteiger partial charge in [0.15, 0.2) is 6.10 Å². The van der Waals surface area contributed by atoms with Gasteiger partial charge in [0, 0.05) is 12.8 Å². The summed E-state index contributed by atoms with van der Waals surface area (Å²) < 4.78 is 34.7. The molecule has 0 heterocycles. The zero-order valence-electron chi connectivity index (χ0n) is 54.2. The quantitative estimate of drug-likeness (QED) is 0.0211. The molecule has 0 amide bonds. The van der Waals surface area contributed by atoms with Crippen LogP contribution in [0.25, 0.3) is 0 Å². The molecule has 82 heavy (non-hydrogen) atoms. The average Bonchev–Trinajstić information content (AvgIpc) is 3.46. The lowest BCUT2D eigenvalue weighted by Crippen LogP contribution is -2.37. The number of hydrogen-bond donors (Lipinski definition) is 1. The molecule has 0 aromatic rings. The number of esters is 2. The Hall–Kier alpha value is -2.81. The first-order valence-electron chi connectivity index (χ1n) is 34.3. The number of phosphoric acid groups is 1. The fourth-order valence-corrected chi connectivity index (χ4v) is 10.4. The molecule has 0 bridgehead atoms. The summed E-state index contributed by atoms with van der Waals surface area (Å²) in [7, 11) is 1.47. The maximum Gasteiger partial charge on any atom is 0.472 e. The summed E-state index contributed by atoms with van der Waals surface area (Å²) in [4.78, 5) is 35.8. The maximum atomic E-state index is 12.8. The van der Waals surface area contributed by atoms with E-state index in [-0.39, 0.29) is 32.0 Å². The van der Waals surface area contributed by atoms with E-state index >= 15 is 0 Å². The van der Waals surface area contributed by atoms with Gasteiger partial charge in [-0.1, -0.05) is 292 Å². The van der Waals surface area contributed by atoms with Crippen molar-refractivity contribution in [2.45, 2.75) is 315 Å². The van der Waals surface area contributed by atoms with Crippen molar-refractivity contribution in [3.05, 3.63) is 85.1 Å². The number of carbonyl (C=O) groups excluding carboxylic acids is 2. The smallest absolute Gasteiger partial charge is 0.462 e.